The van der Waals surface area contributed by atoms with Crippen molar-refractivity contribution in [2.45, 2.75) is 19.4 Å². The third-order valence-electron chi connectivity index (χ3n) is 3.57. The van der Waals surface area contributed by atoms with Gasteiger partial charge in [0, 0.05) is 5.56 Å². The van der Waals surface area contributed by atoms with Gasteiger partial charge in [0.1, 0.15) is 17.7 Å². The Hall–Kier alpha value is -3.09. The molecule has 0 aliphatic heterocycles. The molecule has 5 nitrogen and oxygen atoms in total. The predicted octanol–water partition coefficient (Wildman–Crippen LogP) is 3.43. The number of carbonyl (C=O) groups is 1. The zero-order valence-corrected chi connectivity index (χ0v) is 13.4. The van der Waals surface area contributed by atoms with Crippen LogP contribution in [0.5, 0.6) is 0 Å². The number of carbonyl (C=O) groups excluding carboxylic acids is 1. The van der Waals surface area contributed by atoms with Crippen molar-refractivity contribution in [1.29, 1.82) is 0 Å². The lowest BCUT2D eigenvalue weighted by Gasteiger charge is -2.09. The fourth-order valence-corrected chi connectivity index (χ4v) is 2.27. The Labute approximate surface area is 142 Å². The van der Waals surface area contributed by atoms with Crippen LogP contribution in [0.2, 0.25) is 0 Å². The summed E-state index contributed by atoms with van der Waals surface area (Å²) < 4.78 is 31.0. The minimum atomic E-state index is -0.491. The standard InChI is InChI=1S/C18H15F2N3O2/c1-11(21-16(24)10-12-2-6-14(19)7-3-12)18-22-17(23-25-18)13-4-8-15(20)9-5-13/h2-9,11H,10H2,1H3,(H,21,24)/t11-/m0/s1. The van der Waals surface area contributed by atoms with E-state index in [-0.39, 0.29) is 29.9 Å². The highest BCUT2D eigenvalue weighted by molar-refractivity contribution is 5.78. The van der Waals surface area contributed by atoms with Crippen molar-refractivity contribution < 1.29 is 18.1 Å². The van der Waals surface area contributed by atoms with E-state index in [4.69, 9.17) is 4.52 Å². The molecule has 0 aliphatic rings. The van der Waals surface area contributed by atoms with Crippen LogP contribution in [0.25, 0.3) is 11.4 Å². The minimum Gasteiger partial charge on any atom is -0.344 e. The van der Waals surface area contributed by atoms with E-state index in [0.29, 0.717) is 17.0 Å². The average molecular weight is 343 g/mol. The average Bonchev–Trinajstić information content (AvgIpc) is 3.08. The van der Waals surface area contributed by atoms with E-state index >= 15 is 0 Å². The molecule has 0 aliphatic carbocycles. The maximum absolute atomic E-state index is 12.9. The van der Waals surface area contributed by atoms with Crippen LogP contribution in [0, 0.1) is 11.6 Å². The number of aromatic nitrogens is 2. The summed E-state index contributed by atoms with van der Waals surface area (Å²) in [4.78, 5) is 16.3. The van der Waals surface area contributed by atoms with Crippen molar-refractivity contribution in [3.05, 3.63) is 71.6 Å². The van der Waals surface area contributed by atoms with Crippen molar-refractivity contribution >= 4 is 5.91 Å². The van der Waals surface area contributed by atoms with Crippen molar-refractivity contribution in [2.24, 2.45) is 0 Å². The maximum Gasteiger partial charge on any atom is 0.249 e. The normalized spacial score (nSPS) is 12.0. The molecule has 0 unspecified atom stereocenters. The molecule has 3 aromatic rings. The topological polar surface area (TPSA) is 68.0 Å². The van der Waals surface area contributed by atoms with Gasteiger partial charge in [0.05, 0.1) is 6.42 Å². The highest BCUT2D eigenvalue weighted by atomic mass is 19.1. The Morgan fingerprint density at radius 3 is 2.32 bits per heavy atom. The summed E-state index contributed by atoms with van der Waals surface area (Å²) in [5.74, 6) is -0.396. The van der Waals surface area contributed by atoms with E-state index in [1.54, 1.807) is 31.2 Å². The second kappa shape index (κ2) is 7.21. The number of halogens is 2. The van der Waals surface area contributed by atoms with Crippen LogP contribution in [0.15, 0.2) is 53.1 Å². The third-order valence-corrected chi connectivity index (χ3v) is 3.57. The Bertz CT molecular complexity index is 861. The van der Waals surface area contributed by atoms with E-state index in [9.17, 15) is 13.6 Å². The molecule has 0 fully saturated rings. The molecular formula is C18H15F2N3O2. The smallest absolute Gasteiger partial charge is 0.249 e. The fraction of sp³-hybridized carbons (Fsp3) is 0.167. The number of rotatable bonds is 5. The van der Waals surface area contributed by atoms with E-state index in [1.165, 1.54) is 24.3 Å². The number of amides is 1. The molecule has 0 bridgehead atoms. The molecule has 1 aromatic heterocycles. The largest absolute Gasteiger partial charge is 0.344 e. The molecule has 128 valence electrons. The molecule has 2 aromatic carbocycles. The first-order valence-corrected chi connectivity index (χ1v) is 7.64. The highest BCUT2D eigenvalue weighted by Crippen LogP contribution is 2.19. The third kappa shape index (κ3) is 4.26. The van der Waals surface area contributed by atoms with Gasteiger partial charge in [-0.1, -0.05) is 17.3 Å². The van der Waals surface area contributed by atoms with Crippen molar-refractivity contribution in [1.82, 2.24) is 15.5 Å². The van der Waals surface area contributed by atoms with E-state index in [1.807, 2.05) is 0 Å². The van der Waals surface area contributed by atoms with Crippen LogP contribution in [-0.4, -0.2) is 16.0 Å². The number of benzene rings is 2. The fourth-order valence-electron chi connectivity index (χ4n) is 2.27. The molecule has 1 atom stereocenters. The van der Waals surface area contributed by atoms with Gasteiger partial charge in [-0.2, -0.15) is 4.98 Å². The van der Waals surface area contributed by atoms with Gasteiger partial charge >= 0.3 is 0 Å². The number of nitrogens with zero attached hydrogens (tertiary/aromatic N) is 2. The molecule has 0 spiro atoms. The number of nitrogens with one attached hydrogen (secondary N) is 1. The lowest BCUT2D eigenvalue weighted by molar-refractivity contribution is -0.121. The Morgan fingerprint density at radius 2 is 1.68 bits per heavy atom. The quantitative estimate of drug-likeness (QED) is 0.771. The zero-order chi connectivity index (χ0) is 17.8. The van der Waals surface area contributed by atoms with Crippen molar-refractivity contribution in [3.8, 4) is 11.4 Å². The van der Waals surface area contributed by atoms with Gasteiger partial charge in [0.2, 0.25) is 17.6 Å². The van der Waals surface area contributed by atoms with Crippen LogP contribution >= 0.6 is 0 Å². The van der Waals surface area contributed by atoms with Gasteiger partial charge in [-0.05, 0) is 48.9 Å². The van der Waals surface area contributed by atoms with Gasteiger partial charge in [-0.25, -0.2) is 8.78 Å². The Kier molecular flexibility index (Phi) is 4.83. The summed E-state index contributed by atoms with van der Waals surface area (Å²) in [5.41, 5.74) is 1.31. The maximum atomic E-state index is 12.9. The van der Waals surface area contributed by atoms with Gasteiger partial charge in [0.25, 0.3) is 0 Å². The SMILES string of the molecule is C[C@H](NC(=O)Cc1ccc(F)cc1)c1nc(-c2ccc(F)cc2)no1. The van der Waals surface area contributed by atoms with Gasteiger partial charge < -0.3 is 9.84 Å². The van der Waals surface area contributed by atoms with Crippen molar-refractivity contribution in [2.75, 3.05) is 0 Å². The van der Waals surface area contributed by atoms with Gasteiger partial charge in [-0.15, -0.1) is 0 Å². The summed E-state index contributed by atoms with van der Waals surface area (Å²) in [7, 11) is 0. The number of hydrogen-bond donors (Lipinski definition) is 1. The van der Waals surface area contributed by atoms with Gasteiger partial charge in [0.15, 0.2) is 0 Å². The van der Waals surface area contributed by atoms with E-state index in [0.717, 1.165) is 0 Å². The van der Waals surface area contributed by atoms with Gasteiger partial charge in [-0.3, -0.25) is 4.79 Å². The molecule has 7 heteroatoms. The van der Waals surface area contributed by atoms with Crippen molar-refractivity contribution in [3.63, 3.8) is 0 Å². The molecule has 0 saturated heterocycles. The summed E-state index contributed by atoms with van der Waals surface area (Å²) >= 11 is 0. The molecular weight excluding hydrogens is 328 g/mol. The molecule has 3 rings (SSSR count). The molecule has 25 heavy (non-hydrogen) atoms. The van der Waals surface area contributed by atoms with E-state index in [2.05, 4.69) is 15.5 Å². The van der Waals surface area contributed by atoms with Crippen LogP contribution < -0.4 is 5.32 Å². The van der Waals surface area contributed by atoms with Crippen LogP contribution in [0.4, 0.5) is 8.78 Å². The lowest BCUT2D eigenvalue weighted by atomic mass is 10.1. The monoisotopic (exact) mass is 343 g/mol. The lowest BCUT2D eigenvalue weighted by Crippen LogP contribution is -2.28. The summed E-state index contributed by atoms with van der Waals surface area (Å²) in [6.07, 6.45) is 0.115. The second-order valence-corrected chi connectivity index (χ2v) is 5.56. The molecule has 0 radical (unpaired) electrons. The first kappa shape index (κ1) is 16.8. The van der Waals surface area contributed by atoms with Crippen LogP contribution in [0.1, 0.15) is 24.4 Å². The summed E-state index contributed by atoms with van der Waals surface area (Å²) in [5, 5.41) is 6.58. The zero-order valence-electron chi connectivity index (χ0n) is 13.4. The first-order valence-electron chi connectivity index (χ1n) is 7.64. The molecule has 0 saturated carbocycles. The highest BCUT2D eigenvalue weighted by Gasteiger charge is 2.17. The predicted molar refractivity (Wildman–Crippen MR) is 86.4 cm³/mol. The number of hydrogen-bond acceptors (Lipinski definition) is 4. The minimum absolute atomic E-state index is 0.115. The molecule has 1 N–H and O–H groups in total. The van der Waals surface area contributed by atoms with E-state index < -0.39 is 6.04 Å². The van der Waals surface area contributed by atoms with Crippen LogP contribution in [-0.2, 0) is 11.2 Å². The first-order chi connectivity index (χ1) is 12.0. The summed E-state index contributed by atoms with van der Waals surface area (Å²) in [6.45, 7) is 1.71. The second-order valence-electron chi connectivity index (χ2n) is 5.56. The summed E-state index contributed by atoms with van der Waals surface area (Å²) in [6, 6.07) is 10.9. The Balaban J connectivity index is 1.63. The molecule has 1 amide bonds. The molecule has 1 heterocycles. The van der Waals surface area contributed by atoms with Crippen LogP contribution in [0.3, 0.4) is 0 Å². The Morgan fingerprint density at radius 1 is 1.08 bits per heavy atom.